The van der Waals surface area contributed by atoms with Crippen molar-refractivity contribution < 1.29 is 0 Å². The van der Waals surface area contributed by atoms with Crippen LogP contribution >= 0.6 is 31.9 Å². The second kappa shape index (κ2) is 5.02. The lowest BCUT2D eigenvalue weighted by atomic mass is 10.2. The molecule has 0 amide bonds. The molecule has 3 aromatic rings. The van der Waals surface area contributed by atoms with Crippen LogP contribution < -0.4 is 5.73 Å². The molecule has 19 heavy (non-hydrogen) atoms. The number of nitrogens with two attached hydrogens (primary N) is 1. The van der Waals surface area contributed by atoms with E-state index in [4.69, 9.17) is 5.73 Å². The third kappa shape index (κ3) is 2.55. The highest BCUT2D eigenvalue weighted by Crippen LogP contribution is 2.26. The van der Waals surface area contributed by atoms with E-state index in [1.807, 2.05) is 12.1 Å². The van der Waals surface area contributed by atoms with E-state index in [0.717, 1.165) is 21.2 Å². The smallest absolute Gasteiger partial charge is 0.0494 e. The predicted octanol–water partition coefficient (Wildman–Crippen LogP) is 4.80. The summed E-state index contributed by atoms with van der Waals surface area (Å²) in [5.74, 6) is 0. The number of nitrogens with zero attached hydrogens (tertiary/aromatic N) is 1. The van der Waals surface area contributed by atoms with Crippen LogP contribution in [0.4, 0.5) is 5.69 Å². The van der Waals surface area contributed by atoms with Crippen LogP contribution in [0.1, 0.15) is 5.56 Å². The highest BCUT2D eigenvalue weighted by Gasteiger charge is 2.05. The molecule has 0 fully saturated rings. The van der Waals surface area contributed by atoms with Crippen molar-refractivity contribution >= 4 is 48.5 Å². The molecule has 3 rings (SSSR count). The zero-order valence-electron chi connectivity index (χ0n) is 10.1. The van der Waals surface area contributed by atoms with Crippen molar-refractivity contribution in [2.45, 2.75) is 6.54 Å². The van der Waals surface area contributed by atoms with Gasteiger partial charge >= 0.3 is 0 Å². The summed E-state index contributed by atoms with van der Waals surface area (Å²) < 4.78 is 4.36. The molecule has 2 aromatic carbocycles. The summed E-state index contributed by atoms with van der Waals surface area (Å²) >= 11 is 7.06. The minimum Gasteiger partial charge on any atom is -0.399 e. The fourth-order valence-corrected chi connectivity index (χ4v) is 3.33. The van der Waals surface area contributed by atoms with Gasteiger partial charge in [0.05, 0.1) is 0 Å². The summed E-state index contributed by atoms with van der Waals surface area (Å²) in [6, 6.07) is 14.4. The Bertz CT molecular complexity index is 727. The molecule has 96 valence electrons. The summed E-state index contributed by atoms with van der Waals surface area (Å²) in [5.41, 5.74) is 9.06. The Morgan fingerprint density at radius 1 is 1.05 bits per heavy atom. The number of hydrogen-bond acceptors (Lipinski definition) is 1. The van der Waals surface area contributed by atoms with E-state index in [1.54, 1.807) is 0 Å². The first kappa shape index (κ1) is 12.8. The van der Waals surface area contributed by atoms with Gasteiger partial charge in [-0.05, 0) is 42.0 Å². The third-order valence-corrected chi connectivity index (χ3v) is 4.24. The number of hydrogen-bond donors (Lipinski definition) is 1. The van der Waals surface area contributed by atoms with Gasteiger partial charge in [-0.2, -0.15) is 0 Å². The van der Waals surface area contributed by atoms with Gasteiger partial charge in [0.25, 0.3) is 0 Å². The van der Waals surface area contributed by atoms with Crippen molar-refractivity contribution in [1.82, 2.24) is 4.57 Å². The first-order valence-corrected chi connectivity index (χ1v) is 7.50. The molecule has 0 spiro atoms. The number of benzene rings is 2. The molecule has 0 bridgehead atoms. The van der Waals surface area contributed by atoms with Crippen LogP contribution in [0.2, 0.25) is 0 Å². The summed E-state index contributed by atoms with van der Waals surface area (Å²) in [5, 5.41) is 1.23. The molecule has 0 radical (unpaired) electrons. The Kier molecular flexibility index (Phi) is 3.37. The molecule has 2 N–H and O–H groups in total. The van der Waals surface area contributed by atoms with E-state index < -0.39 is 0 Å². The average Bonchev–Trinajstić information content (AvgIpc) is 2.73. The van der Waals surface area contributed by atoms with Crippen LogP contribution in [-0.2, 0) is 6.54 Å². The standard InChI is InChI=1S/C15H12Br2N2/c16-11-6-10(7-12(18)8-11)9-19-5-4-13-14(17)2-1-3-15(13)19/h1-8H,9,18H2. The molecule has 4 heteroatoms. The maximum absolute atomic E-state index is 5.88. The Balaban J connectivity index is 2.04. The van der Waals surface area contributed by atoms with Gasteiger partial charge in [-0.1, -0.05) is 37.9 Å². The molecular weight excluding hydrogens is 368 g/mol. The van der Waals surface area contributed by atoms with Crippen LogP contribution in [0.25, 0.3) is 10.9 Å². The fraction of sp³-hybridized carbons (Fsp3) is 0.0667. The lowest BCUT2D eigenvalue weighted by Gasteiger charge is -2.08. The van der Waals surface area contributed by atoms with Gasteiger partial charge in [-0.15, -0.1) is 0 Å². The van der Waals surface area contributed by atoms with Crippen molar-refractivity contribution in [2.24, 2.45) is 0 Å². The Hall–Kier alpha value is -1.26. The van der Waals surface area contributed by atoms with E-state index in [-0.39, 0.29) is 0 Å². The molecule has 0 aliphatic rings. The monoisotopic (exact) mass is 378 g/mol. The van der Waals surface area contributed by atoms with E-state index in [9.17, 15) is 0 Å². The van der Waals surface area contributed by atoms with Gasteiger partial charge in [0.15, 0.2) is 0 Å². The Morgan fingerprint density at radius 2 is 1.89 bits per heavy atom. The quantitative estimate of drug-likeness (QED) is 0.637. The molecule has 0 aliphatic carbocycles. The summed E-state index contributed by atoms with van der Waals surface area (Å²) in [6.45, 7) is 0.809. The minimum absolute atomic E-state index is 0.780. The van der Waals surface area contributed by atoms with Gasteiger partial charge in [0, 0.05) is 38.3 Å². The van der Waals surface area contributed by atoms with Crippen LogP contribution in [0, 0.1) is 0 Å². The second-order valence-electron chi connectivity index (χ2n) is 4.51. The van der Waals surface area contributed by atoms with Gasteiger partial charge in [-0.25, -0.2) is 0 Å². The van der Waals surface area contributed by atoms with Crippen LogP contribution in [0.15, 0.2) is 57.6 Å². The van der Waals surface area contributed by atoms with Gasteiger partial charge in [0.2, 0.25) is 0 Å². The zero-order valence-corrected chi connectivity index (χ0v) is 13.3. The van der Waals surface area contributed by atoms with Crippen molar-refractivity contribution in [2.75, 3.05) is 5.73 Å². The van der Waals surface area contributed by atoms with E-state index in [2.05, 4.69) is 73.0 Å². The SMILES string of the molecule is Nc1cc(Br)cc(Cn2ccc3c(Br)cccc32)c1. The van der Waals surface area contributed by atoms with Crippen LogP contribution in [0.3, 0.4) is 0 Å². The highest BCUT2D eigenvalue weighted by molar-refractivity contribution is 9.11. The first-order valence-electron chi connectivity index (χ1n) is 5.92. The molecule has 2 nitrogen and oxygen atoms in total. The molecule has 0 aliphatic heterocycles. The summed E-state index contributed by atoms with van der Waals surface area (Å²) in [6.07, 6.45) is 2.10. The number of aromatic nitrogens is 1. The predicted molar refractivity (Wildman–Crippen MR) is 87.3 cm³/mol. The van der Waals surface area contributed by atoms with Gasteiger partial charge in [0.1, 0.15) is 0 Å². The molecular formula is C15H12Br2N2. The molecule has 1 heterocycles. The van der Waals surface area contributed by atoms with Crippen molar-refractivity contribution in [3.05, 3.63) is 63.2 Å². The van der Waals surface area contributed by atoms with Crippen LogP contribution in [-0.4, -0.2) is 4.57 Å². The number of halogens is 2. The van der Waals surface area contributed by atoms with Gasteiger partial charge < -0.3 is 10.3 Å². The molecule has 0 saturated heterocycles. The molecule has 1 aromatic heterocycles. The van der Waals surface area contributed by atoms with Gasteiger partial charge in [-0.3, -0.25) is 0 Å². The Labute approximate surface area is 128 Å². The molecule has 0 atom stereocenters. The summed E-state index contributed by atoms with van der Waals surface area (Å²) in [7, 11) is 0. The van der Waals surface area contributed by atoms with Crippen LogP contribution in [0.5, 0.6) is 0 Å². The lowest BCUT2D eigenvalue weighted by Crippen LogP contribution is -1.99. The number of nitrogen functional groups attached to an aromatic ring is 1. The maximum Gasteiger partial charge on any atom is 0.0494 e. The van der Waals surface area contributed by atoms with E-state index in [0.29, 0.717) is 0 Å². The fourth-order valence-electron chi connectivity index (χ4n) is 2.29. The van der Waals surface area contributed by atoms with E-state index >= 15 is 0 Å². The second-order valence-corrected chi connectivity index (χ2v) is 6.28. The van der Waals surface area contributed by atoms with E-state index in [1.165, 1.54) is 16.5 Å². The topological polar surface area (TPSA) is 30.9 Å². The highest BCUT2D eigenvalue weighted by atomic mass is 79.9. The normalized spacial score (nSPS) is 11.1. The lowest BCUT2D eigenvalue weighted by molar-refractivity contribution is 0.836. The summed E-state index contributed by atoms with van der Waals surface area (Å²) in [4.78, 5) is 0. The molecule has 0 unspecified atom stereocenters. The first-order chi connectivity index (χ1) is 9.13. The number of rotatable bonds is 2. The number of anilines is 1. The van der Waals surface area contributed by atoms with Crippen molar-refractivity contribution in [3.63, 3.8) is 0 Å². The largest absolute Gasteiger partial charge is 0.399 e. The Morgan fingerprint density at radius 3 is 2.68 bits per heavy atom. The molecule has 0 saturated carbocycles. The maximum atomic E-state index is 5.88. The zero-order chi connectivity index (χ0) is 13.4. The van der Waals surface area contributed by atoms with Crippen molar-refractivity contribution in [3.8, 4) is 0 Å². The van der Waals surface area contributed by atoms with Crippen molar-refractivity contribution in [1.29, 1.82) is 0 Å². The minimum atomic E-state index is 0.780. The average molecular weight is 380 g/mol. The third-order valence-electron chi connectivity index (χ3n) is 3.09. The number of fused-ring (bicyclic) bond motifs is 1.